The van der Waals surface area contributed by atoms with Crippen molar-refractivity contribution in [1.29, 1.82) is 0 Å². The zero-order valence-electron chi connectivity index (χ0n) is 16.9. The summed E-state index contributed by atoms with van der Waals surface area (Å²) in [5, 5.41) is 2.92. The van der Waals surface area contributed by atoms with E-state index in [0.29, 0.717) is 23.7 Å². The number of carbonyl (C=O) groups excluding carboxylic acids is 2. The average molecular weight is 409 g/mol. The number of nitrogens with two attached hydrogens (primary N) is 2. The molecule has 0 atom stereocenters. The molecule has 0 heterocycles. The van der Waals surface area contributed by atoms with Crippen LogP contribution >= 0.6 is 0 Å². The van der Waals surface area contributed by atoms with Crippen molar-refractivity contribution in [2.24, 2.45) is 28.3 Å². The number of rotatable bonds is 7. The quantitative estimate of drug-likeness (QED) is 0.369. The van der Waals surface area contributed by atoms with Crippen molar-refractivity contribution in [3.8, 4) is 0 Å². The van der Waals surface area contributed by atoms with E-state index in [9.17, 15) is 9.59 Å². The Hall–Kier alpha value is -3.35. The summed E-state index contributed by atoms with van der Waals surface area (Å²) < 4.78 is 5.42. The highest BCUT2D eigenvalue weighted by molar-refractivity contribution is 6.01. The molecule has 1 saturated carbocycles. The SMILES string of the molecule is NC(N)=NCC1CCC(C(=O)Nc2ccccc2C(=O)OCc2ccccc2)CC1. The minimum atomic E-state index is -0.462. The van der Waals surface area contributed by atoms with Gasteiger partial charge in [-0.3, -0.25) is 9.79 Å². The zero-order chi connectivity index (χ0) is 21.3. The summed E-state index contributed by atoms with van der Waals surface area (Å²) in [4.78, 5) is 29.4. The van der Waals surface area contributed by atoms with Crippen molar-refractivity contribution in [2.45, 2.75) is 32.3 Å². The number of nitrogens with one attached hydrogen (secondary N) is 1. The van der Waals surface area contributed by atoms with Gasteiger partial charge in [0.05, 0.1) is 11.3 Å². The molecule has 158 valence electrons. The summed E-state index contributed by atoms with van der Waals surface area (Å²) in [5.74, 6) is -0.120. The van der Waals surface area contributed by atoms with Crippen molar-refractivity contribution in [3.63, 3.8) is 0 Å². The molecule has 1 fully saturated rings. The number of para-hydroxylation sites is 1. The smallest absolute Gasteiger partial charge is 0.340 e. The molecule has 7 heteroatoms. The van der Waals surface area contributed by atoms with E-state index < -0.39 is 5.97 Å². The molecule has 5 N–H and O–H groups in total. The number of amides is 1. The largest absolute Gasteiger partial charge is 0.457 e. The van der Waals surface area contributed by atoms with E-state index in [1.54, 1.807) is 24.3 Å². The lowest BCUT2D eigenvalue weighted by Gasteiger charge is -2.27. The predicted molar refractivity (Wildman–Crippen MR) is 117 cm³/mol. The van der Waals surface area contributed by atoms with Crippen molar-refractivity contribution >= 4 is 23.5 Å². The van der Waals surface area contributed by atoms with Gasteiger partial charge in [0.1, 0.15) is 6.61 Å². The Labute approximate surface area is 176 Å². The van der Waals surface area contributed by atoms with E-state index in [4.69, 9.17) is 16.2 Å². The van der Waals surface area contributed by atoms with Gasteiger partial charge >= 0.3 is 5.97 Å². The number of hydrogen-bond acceptors (Lipinski definition) is 4. The number of anilines is 1. The van der Waals surface area contributed by atoms with Crippen LogP contribution in [0, 0.1) is 11.8 Å². The van der Waals surface area contributed by atoms with Crippen molar-refractivity contribution < 1.29 is 14.3 Å². The molecule has 2 aromatic rings. The Bertz CT molecular complexity index is 886. The number of ether oxygens (including phenoxy) is 1. The highest BCUT2D eigenvalue weighted by Crippen LogP contribution is 2.30. The number of aliphatic imine (C=N–C) groups is 1. The fourth-order valence-corrected chi connectivity index (χ4v) is 3.65. The van der Waals surface area contributed by atoms with E-state index in [-0.39, 0.29) is 24.4 Å². The molecule has 0 aliphatic heterocycles. The molecule has 7 nitrogen and oxygen atoms in total. The summed E-state index contributed by atoms with van der Waals surface area (Å²) in [6, 6.07) is 16.4. The lowest BCUT2D eigenvalue weighted by atomic mass is 9.81. The van der Waals surface area contributed by atoms with Crippen LogP contribution in [-0.4, -0.2) is 24.4 Å². The number of guanidine groups is 1. The summed E-state index contributed by atoms with van der Waals surface area (Å²) in [6.07, 6.45) is 3.35. The van der Waals surface area contributed by atoms with Gasteiger partial charge in [-0.05, 0) is 49.3 Å². The van der Waals surface area contributed by atoms with Gasteiger partial charge in [-0.15, -0.1) is 0 Å². The van der Waals surface area contributed by atoms with Crippen LogP contribution in [0.3, 0.4) is 0 Å². The van der Waals surface area contributed by atoms with Gasteiger partial charge in [0, 0.05) is 12.5 Å². The van der Waals surface area contributed by atoms with E-state index in [0.717, 1.165) is 31.2 Å². The maximum atomic E-state index is 12.8. The van der Waals surface area contributed by atoms with Gasteiger partial charge in [0.2, 0.25) is 5.91 Å². The third-order valence-electron chi connectivity index (χ3n) is 5.37. The Morgan fingerprint density at radius 2 is 1.63 bits per heavy atom. The molecule has 0 unspecified atom stereocenters. The molecular formula is C23H28N4O3. The molecule has 30 heavy (non-hydrogen) atoms. The molecule has 0 aromatic heterocycles. The number of carbonyl (C=O) groups is 2. The molecule has 0 bridgehead atoms. The van der Waals surface area contributed by atoms with E-state index in [1.165, 1.54) is 0 Å². The first-order valence-electron chi connectivity index (χ1n) is 10.2. The first-order valence-corrected chi connectivity index (χ1v) is 10.2. The maximum absolute atomic E-state index is 12.8. The third kappa shape index (κ3) is 6.07. The van der Waals surface area contributed by atoms with Crippen LogP contribution < -0.4 is 16.8 Å². The van der Waals surface area contributed by atoms with E-state index in [1.807, 2.05) is 30.3 Å². The lowest BCUT2D eigenvalue weighted by molar-refractivity contribution is -0.121. The molecular weight excluding hydrogens is 380 g/mol. The molecule has 1 aliphatic carbocycles. The molecule has 2 aromatic carbocycles. The van der Waals surface area contributed by atoms with Crippen molar-refractivity contribution in [2.75, 3.05) is 11.9 Å². The Morgan fingerprint density at radius 3 is 2.33 bits per heavy atom. The van der Waals surface area contributed by atoms with Crippen molar-refractivity contribution in [3.05, 3.63) is 65.7 Å². The van der Waals surface area contributed by atoms with Crippen molar-refractivity contribution in [1.82, 2.24) is 0 Å². The molecule has 3 rings (SSSR count). The maximum Gasteiger partial charge on any atom is 0.340 e. The fraction of sp³-hybridized carbons (Fsp3) is 0.348. The molecule has 0 saturated heterocycles. The summed E-state index contributed by atoms with van der Waals surface area (Å²) in [6.45, 7) is 0.786. The second kappa shape index (κ2) is 10.4. The lowest BCUT2D eigenvalue weighted by Crippen LogP contribution is -2.29. The molecule has 1 aliphatic rings. The monoisotopic (exact) mass is 408 g/mol. The molecule has 0 radical (unpaired) electrons. The average Bonchev–Trinajstić information content (AvgIpc) is 2.77. The van der Waals surface area contributed by atoms with Crippen LogP contribution in [0.25, 0.3) is 0 Å². The van der Waals surface area contributed by atoms with Crippen LogP contribution in [0.4, 0.5) is 5.69 Å². The minimum absolute atomic E-state index is 0.0707. The summed E-state index contributed by atoms with van der Waals surface area (Å²) >= 11 is 0. The highest BCUT2D eigenvalue weighted by atomic mass is 16.5. The zero-order valence-corrected chi connectivity index (χ0v) is 16.9. The van der Waals surface area contributed by atoms with Gasteiger partial charge in [-0.1, -0.05) is 42.5 Å². The third-order valence-corrected chi connectivity index (χ3v) is 5.37. The van der Waals surface area contributed by atoms with Gasteiger partial charge in [-0.2, -0.15) is 0 Å². The highest BCUT2D eigenvalue weighted by Gasteiger charge is 2.27. The standard InChI is InChI=1S/C23H28N4O3/c24-23(25)26-14-16-10-12-18(13-11-16)21(28)27-20-9-5-4-8-19(20)22(29)30-15-17-6-2-1-3-7-17/h1-9,16,18H,10-15H2,(H,27,28)(H4,24,25,26). The summed E-state index contributed by atoms with van der Waals surface area (Å²) in [7, 11) is 0. The fourth-order valence-electron chi connectivity index (χ4n) is 3.65. The van der Waals surface area contributed by atoms with Gasteiger partial charge in [0.15, 0.2) is 5.96 Å². The molecule has 0 spiro atoms. The van der Waals surface area contributed by atoms with Crippen LogP contribution in [0.15, 0.2) is 59.6 Å². The Balaban J connectivity index is 1.56. The van der Waals surface area contributed by atoms with Gasteiger partial charge in [0.25, 0.3) is 0 Å². The van der Waals surface area contributed by atoms with Crippen LogP contribution in [0.2, 0.25) is 0 Å². The first-order chi connectivity index (χ1) is 14.5. The van der Waals surface area contributed by atoms with Crippen LogP contribution in [0.5, 0.6) is 0 Å². The first kappa shape index (κ1) is 21.4. The topological polar surface area (TPSA) is 120 Å². The minimum Gasteiger partial charge on any atom is -0.457 e. The predicted octanol–water partition coefficient (Wildman–Crippen LogP) is 3.06. The molecule has 1 amide bonds. The van der Waals surface area contributed by atoms with Crippen LogP contribution in [-0.2, 0) is 16.1 Å². The van der Waals surface area contributed by atoms with Gasteiger partial charge in [-0.25, -0.2) is 4.79 Å². The van der Waals surface area contributed by atoms with Crippen LogP contribution in [0.1, 0.15) is 41.6 Å². The number of hydrogen-bond donors (Lipinski definition) is 3. The number of benzene rings is 2. The van der Waals surface area contributed by atoms with E-state index in [2.05, 4.69) is 10.3 Å². The number of nitrogens with zero attached hydrogens (tertiary/aromatic N) is 1. The normalized spacial score (nSPS) is 18.3. The second-order valence-corrected chi connectivity index (χ2v) is 7.58. The second-order valence-electron chi connectivity index (χ2n) is 7.58. The number of esters is 1. The van der Waals surface area contributed by atoms with E-state index >= 15 is 0 Å². The Kier molecular flexibility index (Phi) is 7.43. The van der Waals surface area contributed by atoms with Gasteiger partial charge < -0.3 is 21.5 Å². The summed E-state index contributed by atoms with van der Waals surface area (Å²) in [5.41, 5.74) is 12.5. The Morgan fingerprint density at radius 1 is 0.967 bits per heavy atom.